The van der Waals surface area contributed by atoms with E-state index in [-0.39, 0.29) is 0 Å². The summed E-state index contributed by atoms with van der Waals surface area (Å²) in [5, 5.41) is 7.08. The summed E-state index contributed by atoms with van der Waals surface area (Å²) in [6, 6.07) is 7.23. The van der Waals surface area contributed by atoms with Gasteiger partial charge in [-0.05, 0) is 59.9 Å². The van der Waals surface area contributed by atoms with E-state index < -0.39 is 0 Å². The van der Waals surface area contributed by atoms with Crippen molar-refractivity contribution in [2.75, 3.05) is 20.2 Å². The van der Waals surface area contributed by atoms with Crippen molar-refractivity contribution in [2.24, 2.45) is 0 Å². The van der Waals surface area contributed by atoms with Crippen LogP contribution in [0, 0.1) is 0 Å². The monoisotopic (exact) mass is 312 g/mol. The second kappa shape index (κ2) is 6.55. The van der Waals surface area contributed by atoms with Gasteiger partial charge in [0.15, 0.2) is 0 Å². The summed E-state index contributed by atoms with van der Waals surface area (Å²) in [4.78, 5) is 0. The molecule has 1 fully saturated rings. The lowest BCUT2D eigenvalue weighted by molar-refractivity contribution is 0.411. The van der Waals surface area contributed by atoms with Gasteiger partial charge in [-0.2, -0.15) is 0 Å². The zero-order valence-electron chi connectivity index (χ0n) is 11.0. The smallest absolute Gasteiger partial charge is 0.133 e. The maximum Gasteiger partial charge on any atom is 0.133 e. The lowest BCUT2D eigenvalue weighted by Crippen LogP contribution is -2.35. The summed E-state index contributed by atoms with van der Waals surface area (Å²) in [6.45, 7) is 4.39. The van der Waals surface area contributed by atoms with Gasteiger partial charge in [-0.25, -0.2) is 0 Å². The van der Waals surface area contributed by atoms with Crippen molar-refractivity contribution in [1.82, 2.24) is 10.6 Å². The van der Waals surface area contributed by atoms with Gasteiger partial charge in [0, 0.05) is 18.6 Å². The minimum absolute atomic E-state index is 0.356. The van der Waals surface area contributed by atoms with E-state index in [1.807, 2.05) is 6.07 Å². The van der Waals surface area contributed by atoms with Crippen LogP contribution in [0.15, 0.2) is 22.7 Å². The fourth-order valence-corrected chi connectivity index (χ4v) is 2.88. The molecule has 2 rings (SSSR count). The van der Waals surface area contributed by atoms with Gasteiger partial charge < -0.3 is 15.4 Å². The van der Waals surface area contributed by atoms with Crippen LogP contribution in [0.5, 0.6) is 5.75 Å². The van der Waals surface area contributed by atoms with Crippen molar-refractivity contribution in [3.63, 3.8) is 0 Å². The molecule has 2 N–H and O–H groups in total. The zero-order valence-corrected chi connectivity index (χ0v) is 12.6. The average Bonchev–Trinajstić information content (AvgIpc) is 2.89. The van der Waals surface area contributed by atoms with Gasteiger partial charge in [-0.3, -0.25) is 0 Å². The molecule has 2 unspecified atom stereocenters. The van der Waals surface area contributed by atoms with Gasteiger partial charge in [0.2, 0.25) is 0 Å². The molecular formula is C14H21BrN2O. The average molecular weight is 313 g/mol. The maximum absolute atomic E-state index is 5.24. The number of benzene rings is 1. The molecule has 0 amide bonds. The van der Waals surface area contributed by atoms with Crippen LogP contribution >= 0.6 is 15.9 Å². The third kappa shape index (κ3) is 3.46. The number of hydrogen-bond acceptors (Lipinski definition) is 3. The summed E-state index contributed by atoms with van der Waals surface area (Å²) in [6.07, 6.45) is 2.58. The van der Waals surface area contributed by atoms with E-state index in [0.29, 0.717) is 12.1 Å². The molecule has 1 aromatic rings. The highest BCUT2D eigenvalue weighted by Gasteiger charge is 2.15. The van der Waals surface area contributed by atoms with Crippen molar-refractivity contribution < 1.29 is 4.74 Å². The molecule has 1 aromatic carbocycles. The van der Waals surface area contributed by atoms with Crippen LogP contribution < -0.4 is 15.4 Å². The first-order chi connectivity index (χ1) is 8.70. The van der Waals surface area contributed by atoms with Crippen LogP contribution in [0.4, 0.5) is 0 Å². The molecule has 18 heavy (non-hydrogen) atoms. The summed E-state index contributed by atoms with van der Waals surface area (Å²) < 4.78 is 6.25. The lowest BCUT2D eigenvalue weighted by Gasteiger charge is -2.18. The molecule has 0 saturated carbocycles. The zero-order chi connectivity index (χ0) is 13.0. The number of ether oxygens (including phenoxy) is 1. The van der Waals surface area contributed by atoms with Crippen LogP contribution in [0.3, 0.4) is 0 Å². The fourth-order valence-electron chi connectivity index (χ4n) is 2.32. The second-order valence-corrected chi connectivity index (χ2v) is 5.67. The molecule has 100 valence electrons. The first-order valence-electron chi connectivity index (χ1n) is 6.51. The molecule has 1 aliphatic rings. The highest BCUT2D eigenvalue weighted by Crippen LogP contribution is 2.27. The van der Waals surface area contributed by atoms with Gasteiger partial charge in [0.05, 0.1) is 11.6 Å². The Morgan fingerprint density at radius 3 is 3.00 bits per heavy atom. The minimum Gasteiger partial charge on any atom is -0.496 e. The van der Waals surface area contributed by atoms with Gasteiger partial charge in [0.1, 0.15) is 5.75 Å². The summed E-state index contributed by atoms with van der Waals surface area (Å²) in [7, 11) is 1.69. The van der Waals surface area contributed by atoms with Crippen LogP contribution in [-0.2, 0) is 0 Å². The SMILES string of the molecule is COc1ccc(C(C)NCC2CCCN2)cc1Br. The molecular weight excluding hydrogens is 292 g/mol. The Morgan fingerprint density at radius 2 is 2.39 bits per heavy atom. The molecule has 3 nitrogen and oxygen atoms in total. The Bertz CT molecular complexity index is 391. The van der Waals surface area contributed by atoms with Crippen molar-refractivity contribution >= 4 is 15.9 Å². The molecule has 0 aromatic heterocycles. The fraction of sp³-hybridized carbons (Fsp3) is 0.571. The molecule has 1 saturated heterocycles. The van der Waals surface area contributed by atoms with Crippen LogP contribution in [-0.4, -0.2) is 26.2 Å². The normalized spacial score (nSPS) is 20.9. The standard InChI is InChI=1S/C14H21BrN2O/c1-10(17-9-12-4-3-7-16-12)11-5-6-14(18-2)13(15)8-11/h5-6,8,10,12,16-17H,3-4,7,9H2,1-2H3. The molecule has 0 spiro atoms. The van der Waals surface area contributed by atoms with Gasteiger partial charge in [0.25, 0.3) is 0 Å². The number of hydrogen-bond donors (Lipinski definition) is 2. The molecule has 0 bridgehead atoms. The molecule has 1 aliphatic heterocycles. The van der Waals surface area contributed by atoms with Crippen molar-refractivity contribution in [3.8, 4) is 5.75 Å². The molecule has 1 heterocycles. The number of halogens is 1. The first kappa shape index (κ1) is 13.8. The van der Waals surface area contributed by atoms with E-state index in [9.17, 15) is 0 Å². The van der Waals surface area contributed by atoms with Crippen molar-refractivity contribution in [2.45, 2.75) is 31.8 Å². The first-order valence-corrected chi connectivity index (χ1v) is 7.30. The van der Waals surface area contributed by atoms with Crippen molar-refractivity contribution in [1.29, 1.82) is 0 Å². The summed E-state index contributed by atoms with van der Waals surface area (Å²) in [5.41, 5.74) is 1.28. The Kier molecular flexibility index (Phi) is 5.03. The van der Waals surface area contributed by atoms with E-state index in [2.05, 4.69) is 45.6 Å². The Hall–Kier alpha value is -0.580. The molecule has 0 aliphatic carbocycles. The molecule has 2 atom stereocenters. The van der Waals surface area contributed by atoms with E-state index in [0.717, 1.165) is 23.3 Å². The third-order valence-electron chi connectivity index (χ3n) is 3.51. The summed E-state index contributed by atoms with van der Waals surface area (Å²) in [5.74, 6) is 0.878. The maximum atomic E-state index is 5.24. The van der Waals surface area contributed by atoms with Crippen LogP contribution in [0.2, 0.25) is 0 Å². The predicted octanol–water partition coefficient (Wildman–Crippen LogP) is 2.86. The predicted molar refractivity (Wildman–Crippen MR) is 78.1 cm³/mol. The highest BCUT2D eigenvalue weighted by atomic mass is 79.9. The highest BCUT2D eigenvalue weighted by molar-refractivity contribution is 9.10. The minimum atomic E-state index is 0.356. The Balaban J connectivity index is 1.91. The van der Waals surface area contributed by atoms with Gasteiger partial charge >= 0.3 is 0 Å². The largest absolute Gasteiger partial charge is 0.496 e. The van der Waals surface area contributed by atoms with E-state index in [4.69, 9.17) is 4.74 Å². The third-order valence-corrected chi connectivity index (χ3v) is 4.13. The van der Waals surface area contributed by atoms with Crippen LogP contribution in [0.1, 0.15) is 31.4 Å². The lowest BCUT2D eigenvalue weighted by atomic mass is 10.1. The molecule has 4 heteroatoms. The van der Waals surface area contributed by atoms with Crippen molar-refractivity contribution in [3.05, 3.63) is 28.2 Å². The Labute approximate surface area is 117 Å². The van der Waals surface area contributed by atoms with Crippen LogP contribution in [0.25, 0.3) is 0 Å². The molecule has 0 radical (unpaired) electrons. The quantitative estimate of drug-likeness (QED) is 0.877. The van der Waals surface area contributed by atoms with Gasteiger partial charge in [-0.1, -0.05) is 6.07 Å². The van der Waals surface area contributed by atoms with E-state index in [1.165, 1.54) is 18.4 Å². The summed E-state index contributed by atoms with van der Waals surface area (Å²) >= 11 is 3.53. The number of methoxy groups -OCH3 is 1. The van der Waals surface area contributed by atoms with E-state index >= 15 is 0 Å². The number of rotatable bonds is 5. The topological polar surface area (TPSA) is 33.3 Å². The Morgan fingerprint density at radius 1 is 1.56 bits per heavy atom. The number of nitrogens with one attached hydrogen (secondary N) is 2. The second-order valence-electron chi connectivity index (χ2n) is 4.82. The van der Waals surface area contributed by atoms with E-state index in [1.54, 1.807) is 7.11 Å². The van der Waals surface area contributed by atoms with Gasteiger partial charge in [-0.15, -0.1) is 0 Å².